The molecule has 3 rings (SSSR count). The highest BCUT2D eigenvalue weighted by molar-refractivity contribution is 5.95. The Bertz CT molecular complexity index is 1020. The van der Waals surface area contributed by atoms with Gasteiger partial charge in [0, 0.05) is 44.0 Å². The van der Waals surface area contributed by atoms with Gasteiger partial charge in [0.05, 0.1) is 11.1 Å². The van der Waals surface area contributed by atoms with Crippen molar-refractivity contribution in [1.82, 2.24) is 9.36 Å². The predicted octanol–water partition coefficient (Wildman–Crippen LogP) is 4.45. The molecule has 0 aliphatic carbocycles. The van der Waals surface area contributed by atoms with Crippen LogP contribution in [0, 0.1) is 11.7 Å². The van der Waals surface area contributed by atoms with Crippen molar-refractivity contribution in [2.75, 3.05) is 13.2 Å². The zero-order valence-electron chi connectivity index (χ0n) is 18.1. The average Bonchev–Trinajstić information content (AvgIpc) is 2.98. The fourth-order valence-corrected chi connectivity index (χ4v) is 3.79. The summed E-state index contributed by atoms with van der Waals surface area (Å²) in [6, 6.07) is 3.51. The SMILES string of the molecule is Cn1c(C(C)(C)C)cc(=NC(=O)c2cc(C(F)(F)F)ccc2F)n1CC1CCOCC1. The summed E-state index contributed by atoms with van der Waals surface area (Å²) in [7, 11) is 1.86. The predicted molar refractivity (Wildman–Crippen MR) is 107 cm³/mol. The van der Waals surface area contributed by atoms with Gasteiger partial charge >= 0.3 is 6.18 Å². The van der Waals surface area contributed by atoms with E-state index in [1.165, 1.54) is 0 Å². The van der Waals surface area contributed by atoms with Gasteiger partial charge in [-0.3, -0.25) is 14.2 Å². The topological polar surface area (TPSA) is 48.5 Å². The molecule has 1 aromatic carbocycles. The molecule has 9 heteroatoms. The van der Waals surface area contributed by atoms with E-state index in [1.54, 1.807) is 6.07 Å². The normalized spacial score (nSPS) is 16.7. The molecule has 1 amide bonds. The number of aromatic nitrogens is 2. The molecule has 0 unspecified atom stereocenters. The van der Waals surface area contributed by atoms with Crippen molar-refractivity contribution in [3.63, 3.8) is 0 Å². The lowest BCUT2D eigenvalue weighted by atomic mass is 9.92. The van der Waals surface area contributed by atoms with Gasteiger partial charge in [0.15, 0.2) is 5.49 Å². The molecule has 0 saturated carbocycles. The second-order valence-electron chi connectivity index (χ2n) is 8.91. The maximum absolute atomic E-state index is 14.2. The third kappa shape index (κ3) is 5.26. The number of benzene rings is 1. The van der Waals surface area contributed by atoms with Crippen molar-refractivity contribution in [3.05, 3.63) is 52.4 Å². The monoisotopic (exact) mass is 441 g/mol. The molecule has 0 N–H and O–H groups in total. The summed E-state index contributed by atoms with van der Waals surface area (Å²) in [5.74, 6) is -1.77. The van der Waals surface area contributed by atoms with E-state index in [9.17, 15) is 22.4 Å². The third-order valence-corrected chi connectivity index (χ3v) is 5.52. The molecule has 31 heavy (non-hydrogen) atoms. The number of rotatable bonds is 3. The quantitative estimate of drug-likeness (QED) is 0.661. The number of amides is 1. The number of hydrogen-bond donors (Lipinski definition) is 0. The lowest BCUT2D eigenvalue weighted by molar-refractivity contribution is -0.137. The van der Waals surface area contributed by atoms with Crippen LogP contribution in [0.5, 0.6) is 0 Å². The first kappa shape index (κ1) is 23.2. The van der Waals surface area contributed by atoms with Crippen LogP contribution in [0.15, 0.2) is 29.3 Å². The summed E-state index contributed by atoms with van der Waals surface area (Å²) in [6.07, 6.45) is -2.96. The summed E-state index contributed by atoms with van der Waals surface area (Å²) in [5.41, 5.74) is -0.860. The lowest BCUT2D eigenvalue weighted by Crippen LogP contribution is -2.30. The largest absolute Gasteiger partial charge is 0.416 e. The molecule has 2 heterocycles. The molecule has 2 aromatic rings. The van der Waals surface area contributed by atoms with Gasteiger partial charge in [-0.25, -0.2) is 4.39 Å². The van der Waals surface area contributed by atoms with E-state index in [4.69, 9.17) is 4.74 Å². The molecule has 170 valence electrons. The van der Waals surface area contributed by atoms with Gasteiger partial charge in [-0.15, -0.1) is 0 Å². The molecular formula is C22H27F4N3O2. The first-order chi connectivity index (χ1) is 14.4. The van der Waals surface area contributed by atoms with E-state index in [2.05, 4.69) is 4.99 Å². The second kappa shape index (κ2) is 8.61. The number of halogens is 4. The molecule has 1 saturated heterocycles. The van der Waals surface area contributed by atoms with Crippen molar-refractivity contribution in [2.24, 2.45) is 18.0 Å². The summed E-state index contributed by atoms with van der Waals surface area (Å²) >= 11 is 0. The van der Waals surface area contributed by atoms with Crippen LogP contribution in [0.3, 0.4) is 0 Å². The van der Waals surface area contributed by atoms with Gasteiger partial charge in [0.1, 0.15) is 5.82 Å². The zero-order valence-corrected chi connectivity index (χ0v) is 18.1. The molecule has 1 aliphatic heterocycles. The maximum Gasteiger partial charge on any atom is 0.416 e. The Balaban J connectivity index is 2.07. The van der Waals surface area contributed by atoms with Gasteiger partial charge < -0.3 is 4.74 Å². The third-order valence-electron chi connectivity index (χ3n) is 5.52. The highest BCUT2D eigenvalue weighted by atomic mass is 19.4. The first-order valence-electron chi connectivity index (χ1n) is 10.2. The van der Waals surface area contributed by atoms with E-state index in [1.807, 2.05) is 37.2 Å². The smallest absolute Gasteiger partial charge is 0.381 e. The van der Waals surface area contributed by atoms with Crippen LogP contribution in [0.2, 0.25) is 0 Å². The van der Waals surface area contributed by atoms with Gasteiger partial charge in [-0.2, -0.15) is 18.2 Å². The van der Waals surface area contributed by atoms with Crippen molar-refractivity contribution in [2.45, 2.75) is 51.7 Å². The second-order valence-corrected chi connectivity index (χ2v) is 8.91. The number of carbonyl (C=O) groups is 1. The van der Waals surface area contributed by atoms with Crippen LogP contribution in [0.4, 0.5) is 17.6 Å². The molecule has 1 fully saturated rings. The molecule has 0 spiro atoms. The van der Waals surface area contributed by atoms with Crippen molar-refractivity contribution >= 4 is 5.91 Å². The summed E-state index contributed by atoms with van der Waals surface area (Å²) in [4.78, 5) is 16.8. The Morgan fingerprint density at radius 1 is 1.16 bits per heavy atom. The number of hydrogen-bond acceptors (Lipinski definition) is 2. The van der Waals surface area contributed by atoms with Crippen LogP contribution in [-0.4, -0.2) is 28.5 Å². The minimum Gasteiger partial charge on any atom is -0.381 e. The van der Waals surface area contributed by atoms with Gasteiger partial charge in [-0.1, -0.05) is 20.8 Å². The van der Waals surface area contributed by atoms with Crippen LogP contribution >= 0.6 is 0 Å². The van der Waals surface area contributed by atoms with Crippen LogP contribution < -0.4 is 5.49 Å². The maximum atomic E-state index is 14.2. The van der Waals surface area contributed by atoms with Crippen molar-refractivity contribution in [3.8, 4) is 0 Å². The van der Waals surface area contributed by atoms with Crippen LogP contribution in [-0.2, 0) is 29.9 Å². The fraction of sp³-hybridized carbons (Fsp3) is 0.545. The van der Waals surface area contributed by atoms with Crippen molar-refractivity contribution in [1.29, 1.82) is 0 Å². The Labute approximate surface area is 178 Å². The molecule has 0 atom stereocenters. The Kier molecular flexibility index (Phi) is 6.45. The minimum atomic E-state index is -4.68. The van der Waals surface area contributed by atoms with Crippen molar-refractivity contribution < 1.29 is 27.1 Å². The van der Waals surface area contributed by atoms with Gasteiger partial charge in [0.25, 0.3) is 5.91 Å². The molecule has 1 aliphatic rings. The molecular weight excluding hydrogens is 414 g/mol. The Morgan fingerprint density at radius 3 is 2.39 bits per heavy atom. The highest BCUT2D eigenvalue weighted by Crippen LogP contribution is 2.30. The minimum absolute atomic E-state index is 0.259. The van der Waals surface area contributed by atoms with E-state index in [0.717, 1.165) is 18.5 Å². The first-order valence-corrected chi connectivity index (χ1v) is 10.2. The Hall–Kier alpha value is -2.42. The molecule has 1 aromatic heterocycles. The standard InChI is InChI=1S/C22H27F4N3O2/c1-21(2,3)18-12-19(29(28(18)4)13-14-7-9-31-10-8-14)27-20(30)16-11-15(22(24,25)26)5-6-17(16)23/h5-6,11-12,14H,7-10,13H2,1-4H3. The van der Waals surface area contributed by atoms with Crippen LogP contribution in [0.25, 0.3) is 0 Å². The van der Waals surface area contributed by atoms with Crippen LogP contribution in [0.1, 0.15) is 55.2 Å². The molecule has 0 bridgehead atoms. The van der Waals surface area contributed by atoms with E-state index >= 15 is 0 Å². The van der Waals surface area contributed by atoms with E-state index in [0.29, 0.717) is 49.4 Å². The number of carbonyl (C=O) groups excluding carboxylic acids is 1. The number of alkyl halides is 3. The van der Waals surface area contributed by atoms with E-state index in [-0.39, 0.29) is 5.41 Å². The Morgan fingerprint density at radius 2 is 1.81 bits per heavy atom. The van der Waals surface area contributed by atoms with Gasteiger partial charge in [0.2, 0.25) is 0 Å². The number of nitrogens with zero attached hydrogens (tertiary/aromatic N) is 3. The summed E-state index contributed by atoms with van der Waals surface area (Å²) in [5, 5.41) is 0. The molecule has 5 nitrogen and oxygen atoms in total. The molecule has 0 radical (unpaired) electrons. The zero-order chi connectivity index (χ0) is 23.0. The number of ether oxygens (including phenoxy) is 1. The summed E-state index contributed by atoms with van der Waals surface area (Å²) < 4.78 is 62.4. The van der Waals surface area contributed by atoms with Gasteiger partial charge in [-0.05, 0) is 37.0 Å². The van der Waals surface area contributed by atoms with E-state index < -0.39 is 29.0 Å². The highest BCUT2D eigenvalue weighted by Gasteiger charge is 2.32. The average molecular weight is 441 g/mol. The summed E-state index contributed by atoms with van der Waals surface area (Å²) in [6.45, 7) is 7.93. The lowest BCUT2D eigenvalue weighted by Gasteiger charge is -2.25. The fourth-order valence-electron chi connectivity index (χ4n) is 3.79.